The highest BCUT2D eigenvalue weighted by atomic mass is 16.1. The number of rotatable bonds is 2. The minimum Gasteiger partial charge on any atom is -0.329 e. The monoisotopic (exact) mass is 190 g/mol. The molecule has 0 aliphatic heterocycles. The molecule has 0 aliphatic rings. The summed E-state index contributed by atoms with van der Waals surface area (Å²) in [6.45, 7) is 0. The van der Waals surface area contributed by atoms with Crippen LogP contribution < -0.4 is 5.56 Å². The number of aromatic nitrogens is 4. The summed E-state index contributed by atoms with van der Waals surface area (Å²) in [6.07, 6.45) is 3.42. The SMILES string of the molecule is O=Cc1ncn(-c2cc[nH]c(=O)c2)n1. The number of carbonyl (C=O) groups is 1. The van der Waals surface area contributed by atoms with Gasteiger partial charge in [0.1, 0.15) is 6.33 Å². The molecule has 0 spiro atoms. The highest BCUT2D eigenvalue weighted by Gasteiger charge is 2.00. The van der Waals surface area contributed by atoms with Crippen LogP contribution in [-0.2, 0) is 0 Å². The Bertz CT molecular complexity index is 514. The van der Waals surface area contributed by atoms with Crippen molar-refractivity contribution in [3.05, 3.63) is 40.8 Å². The Morgan fingerprint density at radius 1 is 1.50 bits per heavy atom. The maximum Gasteiger partial charge on any atom is 0.250 e. The van der Waals surface area contributed by atoms with Crippen molar-refractivity contribution in [3.8, 4) is 5.69 Å². The van der Waals surface area contributed by atoms with Gasteiger partial charge in [0.2, 0.25) is 11.4 Å². The van der Waals surface area contributed by atoms with Gasteiger partial charge in [-0.2, -0.15) is 0 Å². The molecular weight excluding hydrogens is 184 g/mol. The van der Waals surface area contributed by atoms with Crippen molar-refractivity contribution in [2.75, 3.05) is 0 Å². The minimum atomic E-state index is -0.231. The molecule has 2 aromatic rings. The van der Waals surface area contributed by atoms with Gasteiger partial charge in [-0.05, 0) is 6.07 Å². The number of H-pyrrole nitrogens is 1. The third-order valence-electron chi connectivity index (χ3n) is 1.64. The van der Waals surface area contributed by atoms with E-state index >= 15 is 0 Å². The standard InChI is InChI=1S/C8H6N4O2/c13-4-7-10-5-12(11-7)6-1-2-9-8(14)3-6/h1-5H,(H,9,14). The van der Waals surface area contributed by atoms with Crippen LogP contribution >= 0.6 is 0 Å². The van der Waals surface area contributed by atoms with Crippen LogP contribution in [0.15, 0.2) is 29.5 Å². The molecule has 1 N–H and O–H groups in total. The van der Waals surface area contributed by atoms with Crippen LogP contribution in [0.2, 0.25) is 0 Å². The van der Waals surface area contributed by atoms with Crippen LogP contribution in [0.1, 0.15) is 10.6 Å². The lowest BCUT2D eigenvalue weighted by Gasteiger charge is -1.96. The Balaban J connectivity index is 2.49. The van der Waals surface area contributed by atoms with Crippen molar-refractivity contribution in [3.63, 3.8) is 0 Å². The zero-order chi connectivity index (χ0) is 9.97. The van der Waals surface area contributed by atoms with Gasteiger partial charge in [-0.25, -0.2) is 9.67 Å². The molecule has 0 saturated heterocycles. The lowest BCUT2D eigenvalue weighted by molar-refractivity contribution is 0.111. The second-order valence-corrected chi connectivity index (χ2v) is 2.58. The third-order valence-corrected chi connectivity index (χ3v) is 1.64. The van der Waals surface area contributed by atoms with Crippen LogP contribution in [0.5, 0.6) is 0 Å². The zero-order valence-corrected chi connectivity index (χ0v) is 7.04. The second kappa shape index (κ2) is 3.25. The first-order valence-corrected chi connectivity index (χ1v) is 3.85. The summed E-state index contributed by atoms with van der Waals surface area (Å²) in [5.74, 6) is 0.0882. The van der Waals surface area contributed by atoms with Crippen LogP contribution in [0, 0.1) is 0 Å². The molecule has 0 aromatic carbocycles. The summed E-state index contributed by atoms with van der Waals surface area (Å²) in [7, 11) is 0. The Morgan fingerprint density at radius 2 is 2.36 bits per heavy atom. The molecule has 0 amide bonds. The summed E-state index contributed by atoms with van der Waals surface area (Å²) < 4.78 is 1.36. The van der Waals surface area contributed by atoms with Crippen molar-refractivity contribution in [2.24, 2.45) is 0 Å². The zero-order valence-electron chi connectivity index (χ0n) is 7.04. The number of nitrogens with zero attached hydrogens (tertiary/aromatic N) is 3. The first kappa shape index (κ1) is 8.36. The summed E-state index contributed by atoms with van der Waals surface area (Å²) in [4.78, 5) is 27.5. The van der Waals surface area contributed by atoms with E-state index in [0.717, 1.165) is 0 Å². The molecule has 6 nitrogen and oxygen atoms in total. The summed E-state index contributed by atoms with van der Waals surface area (Å²) in [6, 6.07) is 3.02. The molecule has 0 saturated carbocycles. The Labute approximate surface area is 78.2 Å². The van der Waals surface area contributed by atoms with Crippen molar-refractivity contribution < 1.29 is 4.79 Å². The second-order valence-electron chi connectivity index (χ2n) is 2.58. The highest BCUT2D eigenvalue weighted by molar-refractivity contribution is 5.68. The van der Waals surface area contributed by atoms with E-state index in [0.29, 0.717) is 12.0 Å². The van der Waals surface area contributed by atoms with Gasteiger partial charge in [-0.3, -0.25) is 9.59 Å². The van der Waals surface area contributed by atoms with Crippen molar-refractivity contribution in [2.45, 2.75) is 0 Å². The fourth-order valence-electron chi connectivity index (χ4n) is 1.03. The Kier molecular flexibility index (Phi) is 1.94. The average Bonchev–Trinajstić information content (AvgIpc) is 2.66. The molecule has 14 heavy (non-hydrogen) atoms. The van der Waals surface area contributed by atoms with Crippen LogP contribution in [0.4, 0.5) is 0 Å². The van der Waals surface area contributed by atoms with Crippen molar-refractivity contribution in [1.29, 1.82) is 0 Å². The van der Waals surface area contributed by atoms with E-state index in [2.05, 4.69) is 15.1 Å². The van der Waals surface area contributed by atoms with Gasteiger partial charge in [-0.15, -0.1) is 5.10 Å². The minimum absolute atomic E-state index is 0.0882. The molecule has 0 fully saturated rings. The van der Waals surface area contributed by atoms with Crippen LogP contribution in [0.3, 0.4) is 0 Å². The Morgan fingerprint density at radius 3 is 3.00 bits per heavy atom. The molecule has 0 bridgehead atoms. The smallest absolute Gasteiger partial charge is 0.250 e. The molecule has 2 rings (SSSR count). The lowest BCUT2D eigenvalue weighted by Crippen LogP contribution is -2.06. The fourth-order valence-corrected chi connectivity index (χ4v) is 1.03. The number of carbonyl (C=O) groups excluding carboxylic acids is 1. The molecule has 0 aliphatic carbocycles. The number of nitrogens with one attached hydrogen (secondary N) is 1. The Hall–Kier alpha value is -2.24. The molecule has 6 heteroatoms. The van der Waals surface area contributed by atoms with E-state index in [-0.39, 0.29) is 11.4 Å². The van der Waals surface area contributed by atoms with E-state index in [1.165, 1.54) is 23.3 Å². The van der Waals surface area contributed by atoms with E-state index in [9.17, 15) is 9.59 Å². The van der Waals surface area contributed by atoms with Gasteiger partial charge in [-0.1, -0.05) is 0 Å². The van der Waals surface area contributed by atoms with Gasteiger partial charge in [0.05, 0.1) is 5.69 Å². The highest BCUT2D eigenvalue weighted by Crippen LogP contribution is 1.99. The van der Waals surface area contributed by atoms with Crippen LogP contribution in [-0.4, -0.2) is 26.0 Å². The van der Waals surface area contributed by atoms with Gasteiger partial charge in [0, 0.05) is 12.3 Å². The average molecular weight is 190 g/mol. The van der Waals surface area contributed by atoms with Gasteiger partial charge >= 0.3 is 0 Å². The maximum absolute atomic E-state index is 11.0. The summed E-state index contributed by atoms with van der Waals surface area (Å²) >= 11 is 0. The van der Waals surface area contributed by atoms with E-state index in [1.807, 2.05) is 0 Å². The first-order chi connectivity index (χ1) is 6.79. The number of aldehydes is 1. The lowest BCUT2D eigenvalue weighted by atomic mass is 10.4. The van der Waals surface area contributed by atoms with Crippen molar-refractivity contribution >= 4 is 6.29 Å². The predicted molar refractivity (Wildman–Crippen MR) is 47.4 cm³/mol. The van der Waals surface area contributed by atoms with E-state index in [4.69, 9.17) is 0 Å². The topological polar surface area (TPSA) is 80.6 Å². The van der Waals surface area contributed by atoms with Gasteiger partial charge in [0.25, 0.3) is 0 Å². The molecular formula is C8H6N4O2. The maximum atomic E-state index is 11.0. The summed E-state index contributed by atoms with van der Waals surface area (Å²) in [5, 5.41) is 3.82. The predicted octanol–water partition coefficient (Wildman–Crippen LogP) is -0.232. The normalized spacial score (nSPS) is 10.0. The molecule has 2 heterocycles. The number of aromatic amines is 1. The van der Waals surface area contributed by atoms with E-state index in [1.54, 1.807) is 6.07 Å². The number of hydrogen-bond donors (Lipinski definition) is 1. The quantitative estimate of drug-likeness (QED) is 0.663. The van der Waals surface area contributed by atoms with Gasteiger partial charge in [0.15, 0.2) is 6.29 Å². The molecule has 2 aromatic heterocycles. The molecule has 0 unspecified atom stereocenters. The number of pyridine rings is 1. The van der Waals surface area contributed by atoms with Crippen molar-refractivity contribution in [1.82, 2.24) is 19.7 Å². The van der Waals surface area contributed by atoms with E-state index < -0.39 is 0 Å². The largest absolute Gasteiger partial charge is 0.329 e. The fraction of sp³-hybridized carbons (Fsp3) is 0. The summed E-state index contributed by atoms with van der Waals surface area (Å²) in [5.41, 5.74) is 0.333. The number of hydrogen-bond acceptors (Lipinski definition) is 4. The third kappa shape index (κ3) is 1.45. The first-order valence-electron chi connectivity index (χ1n) is 3.85. The molecule has 0 radical (unpaired) electrons. The molecule has 70 valence electrons. The van der Waals surface area contributed by atoms with Gasteiger partial charge < -0.3 is 4.98 Å². The molecule has 0 atom stereocenters. The van der Waals surface area contributed by atoms with Crippen LogP contribution in [0.25, 0.3) is 5.69 Å².